The van der Waals surface area contributed by atoms with E-state index in [0.717, 1.165) is 24.0 Å². The van der Waals surface area contributed by atoms with E-state index in [-0.39, 0.29) is 6.61 Å². The van der Waals surface area contributed by atoms with Gasteiger partial charge in [0.15, 0.2) is 5.96 Å². The lowest BCUT2D eigenvalue weighted by molar-refractivity contribution is -0.176. The summed E-state index contributed by atoms with van der Waals surface area (Å²) in [5.74, 6) is 0.690. The Morgan fingerprint density at radius 3 is 2.45 bits per heavy atom. The number of nitrogens with zero attached hydrogens (tertiary/aromatic N) is 1. The molecule has 2 aromatic carbocycles. The number of guanidine groups is 1. The summed E-state index contributed by atoms with van der Waals surface area (Å²) in [6.07, 6.45) is -3.44. The lowest BCUT2D eigenvalue weighted by Crippen LogP contribution is -2.37. The van der Waals surface area contributed by atoms with Crippen LogP contribution in [0.15, 0.2) is 53.5 Å². The second-order valence-corrected chi connectivity index (χ2v) is 7.30. The van der Waals surface area contributed by atoms with Gasteiger partial charge in [-0.2, -0.15) is 13.2 Å². The van der Waals surface area contributed by atoms with E-state index in [1.54, 1.807) is 19.2 Å². The summed E-state index contributed by atoms with van der Waals surface area (Å²) in [7, 11) is 1.72. The summed E-state index contributed by atoms with van der Waals surface area (Å²) in [6.45, 7) is 2.06. The van der Waals surface area contributed by atoms with Crippen molar-refractivity contribution >= 4 is 16.9 Å². The molecular weight excluding hydrogens is 405 g/mol. The molecule has 0 aliphatic carbocycles. The molecule has 0 saturated heterocycles. The Hall–Kier alpha value is -3.00. The van der Waals surface area contributed by atoms with Crippen LogP contribution in [0.4, 0.5) is 13.2 Å². The van der Waals surface area contributed by atoms with Gasteiger partial charge in [-0.25, -0.2) is 0 Å². The van der Waals surface area contributed by atoms with Crippen molar-refractivity contribution in [3.05, 3.63) is 70.9 Å². The van der Waals surface area contributed by atoms with Gasteiger partial charge < -0.3 is 20.4 Å². The van der Waals surface area contributed by atoms with Gasteiger partial charge in [-0.1, -0.05) is 42.5 Å². The molecule has 8 heteroatoms. The Labute approximate surface area is 179 Å². The number of benzene rings is 2. The molecule has 166 valence electrons. The van der Waals surface area contributed by atoms with Crippen LogP contribution >= 0.6 is 0 Å². The van der Waals surface area contributed by atoms with Crippen molar-refractivity contribution in [3.63, 3.8) is 0 Å². The summed E-state index contributed by atoms with van der Waals surface area (Å²) in [6, 6.07) is 15.5. The normalized spacial score (nSPS) is 12.4. The third kappa shape index (κ3) is 6.75. The van der Waals surface area contributed by atoms with Gasteiger partial charge in [0.25, 0.3) is 0 Å². The number of aromatic nitrogens is 1. The van der Waals surface area contributed by atoms with Crippen molar-refractivity contribution in [3.8, 4) is 0 Å². The molecule has 1 heterocycles. The maximum atomic E-state index is 12.1. The van der Waals surface area contributed by atoms with Crippen LogP contribution in [0.3, 0.4) is 0 Å². The van der Waals surface area contributed by atoms with Gasteiger partial charge in [-0.3, -0.25) is 4.99 Å². The second kappa shape index (κ2) is 10.3. The molecule has 0 bridgehead atoms. The van der Waals surface area contributed by atoms with Crippen LogP contribution in [0.1, 0.15) is 22.4 Å². The van der Waals surface area contributed by atoms with Crippen LogP contribution in [0, 0.1) is 6.92 Å². The summed E-state index contributed by atoms with van der Waals surface area (Å²) in [5, 5.41) is 7.81. The van der Waals surface area contributed by atoms with Crippen molar-refractivity contribution < 1.29 is 17.9 Å². The molecule has 0 amide bonds. The molecule has 0 spiro atoms. The maximum absolute atomic E-state index is 12.1. The van der Waals surface area contributed by atoms with E-state index in [1.165, 1.54) is 16.6 Å². The van der Waals surface area contributed by atoms with Crippen LogP contribution in [-0.4, -0.2) is 37.3 Å². The number of para-hydroxylation sites is 1. The number of ether oxygens (including phenoxy) is 1. The highest BCUT2D eigenvalue weighted by molar-refractivity contribution is 5.84. The second-order valence-electron chi connectivity index (χ2n) is 7.30. The molecule has 1 aromatic heterocycles. The average Bonchev–Trinajstić information content (AvgIpc) is 3.06. The molecule has 0 saturated carbocycles. The third-order valence-electron chi connectivity index (χ3n) is 4.94. The number of aliphatic imine (C=N–C) groups is 1. The van der Waals surface area contributed by atoms with Gasteiger partial charge in [0.05, 0.1) is 6.61 Å². The molecule has 5 nitrogen and oxygen atoms in total. The fourth-order valence-electron chi connectivity index (χ4n) is 3.41. The van der Waals surface area contributed by atoms with Crippen LogP contribution in [0.25, 0.3) is 10.9 Å². The highest BCUT2D eigenvalue weighted by Crippen LogP contribution is 2.22. The summed E-state index contributed by atoms with van der Waals surface area (Å²) < 4.78 is 41.1. The van der Waals surface area contributed by atoms with Crippen LogP contribution in [-0.2, 0) is 24.3 Å². The Bertz CT molecular complexity index is 1010. The minimum Gasteiger partial charge on any atom is -0.367 e. The highest BCUT2D eigenvalue weighted by atomic mass is 19.4. The van der Waals surface area contributed by atoms with Crippen molar-refractivity contribution in [1.82, 2.24) is 15.6 Å². The average molecular weight is 432 g/mol. The Morgan fingerprint density at radius 1 is 1.03 bits per heavy atom. The highest BCUT2D eigenvalue weighted by Gasteiger charge is 2.27. The lowest BCUT2D eigenvalue weighted by atomic mass is 10.1. The van der Waals surface area contributed by atoms with E-state index in [9.17, 15) is 13.2 Å². The molecule has 3 rings (SSSR count). The van der Waals surface area contributed by atoms with Gasteiger partial charge in [0.1, 0.15) is 6.61 Å². The van der Waals surface area contributed by atoms with Crippen LogP contribution in [0.2, 0.25) is 0 Å². The fourth-order valence-corrected chi connectivity index (χ4v) is 3.41. The van der Waals surface area contributed by atoms with Gasteiger partial charge in [0, 0.05) is 36.7 Å². The number of H-pyrrole nitrogens is 1. The minimum absolute atomic E-state index is 0.0658. The zero-order valence-electron chi connectivity index (χ0n) is 17.6. The van der Waals surface area contributed by atoms with E-state index < -0.39 is 12.8 Å². The first-order valence-electron chi connectivity index (χ1n) is 10.1. The first-order chi connectivity index (χ1) is 14.9. The van der Waals surface area contributed by atoms with Crippen LogP contribution in [0.5, 0.6) is 0 Å². The first kappa shape index (κ1) is 22.7. The van der Waals surface area contributed by atoms with Crippen molar-refractivity contribution in [1.29, 1.82) is 0 Å². The van der Waals surface area contributed by atoms with Crippen molar-refractivity contribution in [2.24, 2.45) is 4.99 Å². The SMILES string of the molecule is CN=C(NCCc1c(C)[nH]c2ccccc12)NCc1ccc(COCC(F)(F)F)cc1. The Kier molecular flexibility index (Phi) is 7.57. The summed E-state index contributed by atoms with van der Waals surface area (Å²) in [4.78, 5) is 7.66. The molecule has 0 aliphatic rings. The monoisotopic (exact) mass is 432 g/mol. The van der Waals surface area contributed by atoms with Gasteiger partial charge >= 0.3 is 6.18 Å². The molecular formula is C23H27F3N4O. The number of hydrogen-bond donors (Lipinski definition) is 3. The largest absolute Gasteiger partial charge is 0.411 e. The molecule has 0 unspecified atom stereocenters. The third-order valence-corrected chi connectivity index (χ3v) is 4.94. The number of hydrogen-bond acceptors (Lipinski definition) is 2. The number of halogens is 3. The van der Waals surface area contributed by atoms with E-state index in [1.807, 2.05) is 24.3 Å². The van der Waals surface area contributed by atoms with Gasteiger partial charge in [-0.05, 0) is 36.1 Å². The topological polar surface area (TPSA) is 61.4 Å². The minimum atomic E-state index is -4.31. The Balaban J connectivity index is 1.44. The molecule has 0 radical (unpaired) electrons. The van der Waals surface area contributed by atoms with Gasteiger partial charge in [0.2, 0.25) is 0 Å². The number of aryl methyl sites for hydroxylation is 1. The van der Waals surface area contributed by atoms with E-state index in [4.69, 9.17) is 0 Å². The van der Waals surface area contributed by atoms with E-state index >= 15 is 0 Å². The zero-order chi connectivity index (χ0) is 22.3. The maximum Gasteiger partial charge on any atom is 0.411 e. The fraction of sp³-hybridized carbons (Fsp3) is 0.348. The predicted molar refractivity (Wildman–Crippen MR) is 117 cm³/mol. The number of rotatable bonds is 8. The number of nitrogens with one attached hydrogen (secondary N) is 3. The number of alkyl halides is 3. The van der Waals surface area contributed by atoms with Crippen molar-refractivity contribution in [2.75, 3.05) is 20.2 Å². The molecule has 0 atom stereocenters. The number of fused-ring (bicyclic) bond motifs is 1. The van der Waals surface area contributed by atoms with Gasteiger partial charge in [-0.15, -0.1) is 0 Å². The summed E-state index contributed by atoms with van der Waals surface area (Å²) in [5.41, 5.74) is 5.30. The predicted octanol–water partition coefficient (Wildman–Crippen LogP) is 4.46. The lowest BCUT2D eigenvalue weighted by Gasteiger charge is -2.13. The summed E-state index contributed by atoms with van der Waals surface area (Å²) >= 11 is 0. The van der Waals surface area contributed by atoms with E-state index in [0.29, 0.717) is 18.1 Å². The Morgan fingerprint density at radius 2 is 1.74 bits per heavy atom. The quantitative estimate of drug-likeness (QED) is 0.364. The molecule has 0 fully saturated rings. The first-order valence-corrected chi connectivity index (χ1v) is 10.1. The standard InChI is InChI=1S/C23H27F3N4O/c1-16-19(20-5-3-4-6-21(20)30-16)11-12-28-22(27-2)29-13-17-7-9-18(10-8-17)14-31-15-23(24,25)26/h3-10,30H,11-15H2,1-2H3,(H2,27,28,29). The number of aromatic amines is 1. The molecule has 0 aliphatic heterocycles. The van der Waals surface area contributed by atoms with E-state index in [2.05, 4.69) is 44.4 Å². The zero-order valence-corrected chi connectivity index (χ0v) is 17.6. The molecule has 3 N–H and O–H groups in total. The van der Waals surface area contributed by atoms with Crippen LogP contribution < -0.4 is 10.6 Å². The van der Waals surface area contributed by atoms with Crippen molar-refractivity contribution in [2.45, 2.75) is 32.7 Å². The smallest absolute Gasteiger partial charge is 0.367 e. The molecule has 3 aromatic rings. The molecule has 31 heavy (non-hydrogen) atoms.